The summed E-state index contributed by atoms with van der Waals surface area (Å²) in [6.07, 6.45) is 3.29. The van der Waals surface area contributed by atoms with E-state index in [1.165, 1.54) is 0 Å². The molecular weight excluding hydrogens is 202 g/mol. The normalized spacial score (nSPS) is 12.2. The van der Waals surface area contributed by atoms with Gasteiger partial charge in [-0.2, -0.15) is 5.26 Å². The van der Waals surface area contributed by atoms with Crippen molar-refractivity contribution in [1.29, 1.82) is 5.26 Å². The van der Waals surface area contributed by atoms with Crippen molar-refractivity contribution in [3.8, 4) is 6.07 Å². The van der Waals surface area contributed by atoms with Crippen LogP contribution >= 0.6 is 0 Å². The maximum Gasteiger partial charge on any atom is 0.101 e. The van der Waals surface area contributed by atoms with Gasteiger partial charge in [0.2, 0.25) is 0 Å². The minimum atomic E-state index is 0.182. The van der Waals surface area contributed by atoms with Gasteiger partial charge in [0.1, 0.15) is 6.07 Å². The standard InChI is InChI=1S/C12H17N3O/c1-9(2)12(8-16-3)15-11-7-14-5-4-10(11)6-13/h4-5,7,9,12,15H,8H2,1-3H3. The zero-order valence-corrected chi connectivity index (χ0v) is 9.90. The molecule has 0 amide bonds. The van der Waals surface area contributed by atoms with E-state index in [2.05, 4.69) is 30.2 Å². The van der Waals surface area contributed by atoms with Crippen molar-refractivity contribution in [2.75, 3.05) is 19.0 Å². The number of nitrogens with zero attached hydrogens (tertiary/aromatic N) is 2. The first-order chi connectivity index (χ1) is 7.69. The van der Waals surface area contributed by atoms with Crippen molar-refractivity contribution in [2.45, 2.75) is 19.9 Å². The van der Waals surface area contributed by atoms with E-state index in [4.69, 9.17) is 10.00 Å². The summed E-state index contributed by atoms with van der Waals surface area (Å²) >= 11 is 0. The van der Waals surface area contributed by atoms with Gasteiger partial charge in [0.15, 0.2) is 0 Å². The Hall–Kier alpha value is -1.60. The lowest BCUT2D eigenvalue weighted by atomic mass is 10.0. The Balaban J connectivity index is 2.81. The second-order valence-corrected chi connectivity index (χ2v) is 3.98. The van der Waals surface area contributed by atoms with Gasteiger partial charge in [0.25, 0.3) is 0 Å². The minimum absolute atomic E-state index is 0.182. The van der Waals surface area contributed by atoms with Crippen LogP contribution in [0.25, 0.3) is 0 Å². The molecule has 0 aliphatic heterocycles. The van der Waals surface area contributed by atoms with Crippen molar-refractivity contribution < 1.29 is 4.74 Å². The van der Waals surface area contributed by atoms with Gasteiger partial charge in [-0.3, -0.25) is 4.98 Å². The van der Waals surface area contributed by atoms with Crippen LogP contribution in [0.2, 0.25) is 0 Å². The van der Waals surface area contributed by atoms with Crippen LogP contribution in [0.4, 0.5) is 5.69 Å². The Kier molecular flexibility index (Phi) is 4.74. The number of ether oxygens (including phenoxy) is 1. The number of anilines is 1. The molecule has 0 aromatic carbocycles. The molecule has 1 aromatic rings. The number of pyridine rings is 1. The summed E-state index contributed by atoms with van der Waals surface area (Å²) in [6, 6.07) is 4.02. The summed E-state index contributed by atoms with van der Waals surface area (Å²) in [5.41, 5.74) is 1.37. The summed E-state index contributed by atoms with van der Waals surface area (Å²) < 4.78 is 5.15. The molecule has 1 aromatic heterocycles. The van der Waals surface area contributed by atoms with E-state index in [0.29, 0.717) is 18.1 Å². The Bertz CT molecular complexity index is 371. The molecule has 0 saturated carbocycles. The highest BCUT2D eigenvalue weighted by molar-refractivity contribution is 5.55. The summed E-state index contributed by atoms with van der Waals surface area (Å²) in [5, 5.41) is 12.2. The molecule has 0 radical (unpaired) electrons. The number of nitriles is 1. The largest absolute Gasteiger partial charge is 0.383 e. The van der Waals surface area contributed by atoms with Gasteiger partial charge in [0, 0.05) is 13.3 Å². The predicted molar refractivity (Wildman–Crippen MR) is 63.1 cm³/mol. The molecule has 1 unspecified atom stereocenters. The lowest BCUT2D eigenvalue weighted by molar-refractivity contribution is 0.171. The Morgan fingerprint density at radius 3 is 2.88 bits per heavy atom. The van der Waals surface area contributed by atoms with E-state index in [0.717, 1.165) is 5.69 Å². The molecule has 1 heterocycles. The highest BCUT2D eigenvalue weighted by atomic mass is 16.5. The topological polar surface area (TPSA) is 57.9 Å². The van der Waals surface area contributed by atoms with Crippen molar-refractivity contribution in [2.24, 2.45) is 5.92 Å². The van der Waals surface area contributed by atoms with Crippen LogP contribution in [-0.4, -0.2) is 24.7 Å². The molecule has 4 nitrogen and oxygen atoms in total. The smallest absolute Gasteiger partial charge is 0.101 e. The zero-order chi connectivity index (χ0) is 12.0. The fourth-order valence-corrected chi connectivity index (χ4v) is 1.39. The summed E-state index contributed by atoms with van der Waals surface area (Å²) in [4.78, 5) is 4.01. The summed E-state index contributed by atoms with van der Waals surface area (Å²) in [6.45, 7) is 4.83. The van der Waals surface area contributed by atoms with Crippen LogP contribution in [0.3, 0.4) is 0 Å². The SMILES string of the molecule is COCC(Nc1cnccc1C#N)C(C)C. The van der Waals surface area contributed by atoms with Gasteiger partial charge in [-0.1, -0.05) is 13.8 Å². The minimum Gasteiger partial charge on any atom is -0.383 e. The van der Waals surface area contributed by atoms with Crippen LogP contribution in [0.1, 0.15) is 19.4 Å². The summed E-state index contributed by atoms with van der Waals surface area (Å²) in [7, 11) is 1.67. The number of rotatable bonds is 5. The molecule has 16 heavy (non-hydrogen) atoms. The van der Waals surface area contributed by atoms with Gasteiger partial charge in [-0.25, -0.2) is 0 Å². The van der Waals surface area contributed by atoms with Gasteiger partial charge in [-0.05, 0) is 12.0 Å². The fourth-order valence-electron chi connectivity index (χ4n) is 1.39. The third kappa shape index (κ3) is 3.21. The molecule has 86 valence electrons. The van der Waals surface area contributed by atoms with E-state index in [1.807, 2.05) is 0 Å². The van der Waals surface area contributed by atoms with Crippen molar-refractivity contribution in [3.63, 3.8) is 0 Å². The second-order valence-electron chi connectivity index (χ2n) is 3.98. The van der Waals surface area contributed by atoms with Crippen molar-refractivity contribution >= 4 is 5.69 Å². The zero-order valence-electron chi connectivity index (χ0n) is 9.90. The number of methoxy groups -OCH3 is 1. The highest BCUT2D eigenvalue weighted by Crippen LogP contribution is 2.16. The number of aromatic nitrogens is 1. The van der Waals surface area contributed by atoms with Gasteiger partial charge in [0.05, 0.1) is 30.1 Å². The Morgan fingerprint density at radius 2 is 2.31 bits per heavy atom. The van der Waals surface area contributed by atoms with Crippen LogP contribution in [-0.2, 0) is 4.74 Å². The van der Waals surface area contributed by atoms with E-state index >= 15 is 0 Å². The third-order valence-corrected chi connectivity index (χ3v) is 2.43. The molecule has 0 spiro atoms. The first-order valence-electron chi connectivity index (χ1n) is 5.28. The van der Waals surface area contributed by atoms with E-state index < -0.39 is 0 Å². The predicted octanol–water partition coefficient (Wildman–Crippen LogP) is 2.04. The number of nitrogens with one attached hydrogen (secondary N) is 1. The van der Waals surface area contributed by atoms with E-state index in [1.54, 1.807) is 25.6 Å². The number of hydrogen-bond donors (Lipinski definition) is 1. The maximum absolute atomic E-state index is 8.95. The van der Waals surface area contributed by atoms with Crippen LogP contribution in [0.15, 0.2) is 18.5 Å². The molecule has 1 N–H and O–H groups in total. The van der Waals surface area contributed by atoms with Crippen LogP contribution < -0.4 is 5.32 Å². The quantitative estimate of drug-likeness (QED) is 0.823. The monoisotopic (exact) mass is 219 g/mol. The molecule has 1 rings (SSSR count). The highest BCUT2D eigenvalue weighted by Gasteiger charge is 2.14. The Morgan fingerprint density at radius 1 is 1.56 bits per heavy atom. The van der Waals surface area contributed by atoms with Crippen molar-refractivity contribution in [3.05, 3.63) is 24.0 Å². The second kappa shape index (κ2) is 6.09. The van der Waals surface area contributed by atoms with Gasteiger partial charge >= 0.3 is 0 Å². The van der Waals surface area contributed by atoms with Gasteiger partial charge < -0.3 is 10.1 Å². The average Bonchev–Trinajstić information content (AvgIpc) is 2.29. The molecular formula is C12H17N3O. The fraction of sp³-hybridized carbons (Fsp3) is 0.500. The van der Waals surface area contributed by atoms with Gasteiger partial charge in [-0.15, -0.1) is 0 Å². The maximum atomic E-state index is 8.95. The average molecular weight is 219 g/mol. The van der Waals surface area contributed by atoms with Crippen LogP contribution in [0, 0.1) is 17.2 Å². The molecule has 0 bridgehead atoms. The lowest BCUT2D eigenvalue weighted by Crippen LogP contribution is -2.30. The first-order valence-corrected chi connectivity index (χ1v) is 5.28. The summed E-state index contributed by atoms with van der Waals surface area (Å²) in [5.74, 6) is 0.423. The third-order valence-electron chi connectivity index (χ3n) is 2.43. The van der Waals surface area contributed by atoms with Crippen molar-refractivity contribution in [1.82, 2.24) is 4.98 Å². The molecule has 0 saturated heterocycles. The first kappa shape index (κ1) is 12.5. The molecule has 4 heteroatoms. The van der Waals surface area contributed by atoms with Crippen LogP contribution in [0.5, 0.6) is 0 Å². The van der Waals surface area contributed by atoms with E-state index in [9.17, 15) is 0 Å². The molecule has 1 atom stereocenters. The lowest BCUT2D eigenvalue weighted by Gasteiger charge is -2.22. The molecule has 0 aliphatic rings. The Labute approximate surface area is 96.3 Å². The molecule has 0 fully saturated rings. The molecule has 0 aliphatic carbocycles. The van der Waals surface area contributed by atoms with E-state index in [-0.39, 0.29) is 6.04 Å². The number of hydrogen-bond acceptors (Lipinski definition) is 4.